The molecule has 0 aliphatic heterocycles. The molecule has 3 nitrogen and oxygen atoms in total. The summed E-state index contributed by atoms with van der Waals surface area (Å²) in [6.45, 7) is 0. The van der Waals surface area contributed by atoms with Crippen molar-refractivity contribution in [3.63, 3.8) is 0 Å². The number of benzene rings is 2. The molecule has 3 rings (SSSR count). The number of rotatable bonds is 2. The number of nitrogens with two attached hydrogens (primary N) is 1. The van der Waals surface area contributed by atoms with Gasteiger partial charge in [0.25, 0.3) is 0 Å². The van der Waals surface area contributed by atoms with E-state index in [9.17, 15) is 31.4 Å². The molecular formula is C18H12F6N2O. The predicted molar refractivity (Wildman–Crippen MR) is 86.7 cm³/mol. The number of aromatic nitrogens is 1. The van der Waals surface area contributed by atoms with Gasteiger partial charge >= 0.3 is 12.4 Å². The monoisotopic (exact) mass is 386 g/mol. The van der Waals surface area contributed by atoms with Crippen LogP contribution in [0.2, 0.25) is 0 Å². The molecule has 0 fully saturated rings. The first-order valence-electron chi connectivity index (χ1n) is 7.60. The highest BCUT2D eigenvalue weighted by Crippen LogP contribution is 2.40. The zero-order valence-corrected chi connectivity index (χ0v) is 13.4. The summed E-state index contributed by atoms with van der Waals surface area (Å²) in [4.78, 5) is 3.18. The SMILES string of the molecule is Nc1ccccc1C(O)c1cc(C(F)(F)F)nc2c(C(F)(F)F)cccc12. The van der Waals surface area contributed by atoms with Crippen molar-refractivity contribution in [1.82, 2.24) is 4.98 Å². The maximum Gasteiger partial charge on any atom is 0.433 e. The largest absolute Gasteiger partial charge is 0.433 e. The van der Waals surface area contributed by atoms with Gasteiger partial charge in [-0.2, -0.15) is 26.3 Å². The number of aliphatic hydroxyl groups excluding tert-OH is 1. The average Bonchev–Trinajstić information content (AvgIpc) is 2.58. The molecule has 0 radical (unpaired) electrons. The molecule has 0 aliphatic carbocycles. The second-order valence-electron chi connectivity index (χ2n) is 5.83. The van der Waals surface area contributed by atoms with Crippen LogP contribution >= 0.6 is 0 Å². The number of fused-ring (bicyclic) bond motifs is 1. The van der Waals surface area contributed by atoms with Gasteiger partial charge in [-0.05, 0) is 23.8 Å². The molecule has 0 bridgehead atoms. The van der Waals surface area contributed by atoms with Crippen LogP contribution in [0.15, 0.2) is 48.5 Å². The Morgan fingerprint density at radius 2 is 1.52 bits per heavy atom. The lowest BCUT2D eigenvalue weighted by Gasteiger charge is -2.19. The number of aliphatic hydroxyl groups is 1. The first-order valence-corrected chi connectivity index (χ1v) is 7.60. The van der Waals surface area contributed by atoms with Crippen molar-refractivity contribution in [3.8, 4) is 0 Å². The van der Waals surface area contributed by atoms with E-state index in [1.54, 1.807) is 6.07 Å². The molecule has 0 saturated heterocycles. The molecule has 0 saturated carbocycles. The minimum absolute atomic E-state index is 0.0792. The van der Waals surface area contributed by atoms with Crippen molar-refractivity contribution in [3.05, 3.63) is 70.9 Å². The summed E-state index contributed by atoms with van der Waals surface area (Å²) in [5.41, 5.74) is 1.82. The van der Waals surface area contributed by atoms with Crippen LogP contribution in [0.5, 0.6) is 0 Å². The Bertz CT molecular complexity index is 997. The third-order valence-corrected chi connectivity index (χ3v) is 4.05. The number of halogens is 6. The summed E-state index contributed by atoms with van der Waals surface area (Å²) < 4.78 is 79.4. The van der Waals surface area contributed by atoms with E-state index in [-0.39, 0.29) is 22.2 Å². The van der Waals surface area contributed by atoms with Gasteiger partial charge in [0.05, 0.1) is 11.1 Å². The van der Waals surface area contributed by atoms with Crippen molar-refractivity contribution in [2.24, 2.45) is 0 Å². The fourth-order valence-electron chi connectivity index (χ4n) is 2.80. The summed E-state index contributed by atoms with van der Waals surface area (Å²) in [7, 11) is 0. The smallest absolute Gasteiger partial charge is 0.398 e. The van der Waals surface area contributed by atoms with Crippen molar-refractivity contribution < 1.29 is 31.4 Å². The third kappa shape index (κ3) is 3.55. The Labute approximate surface area is 149 Å². The van der Waals surface area contributed by atoms with E-state index in [0.717, 1.165) is 6.07 Å². The van der Waals surface area contributed by atoms with Gasteiger partial charge in [-0.1, -0.05) is 30.3 Å². The molecule has 1 unspecified atom stereocenters. The summed E-state index contributed by atoms with van der Waals surface area (Å²) in [6.07, 6.45) is -11.6. The van der Waals surface area contributed by atoms with Gasteiger partial charge in [0, 0.05) is 16.6 Å². The summed E-state index contributed by atoms with van der Waals surface area (Å²) in [5, 5.41) is 10.4. The molecule has 0 amide bonds. The van der Waals surface area contributed by atoms with E-state index in [0.29, 0.717) is 12.1 Å². The fourth-order valence-corrected chi connectivity index (χ4v) is 2.80. The quantitative estimate of drug-likeness (QED) is 0.485. The number of hydrogen-bond acceptors (Lipinski definition) is 3. The van der Waals surface area contributed by atoms with Gasteiger partial charge in [-0.25, -0.2) is 4.98 Å². The Morgan fingerprint density at radius 3 is 2.11 bits per heavy atom. The van der Waals surface area contributed by atoms with E-state index in [1.165, 1.54) is 24.3 Å². The zero-order valence-electron chi connectivity index (χ0n) is 13.4. The van der Waals surface area contributed by atoms with Gasteiger partial charge in [0.15, 0.2) is 0 Å². The van der Waals surface area contributed by atoms with Crippen LogP contribution in [0.25, 0.3) is 10.9 Å². The molecule has 142 valence electrons. The Hall–Kier alpha value is -2.81. The minimum Gasteiger partial charge on any atom is -0.398 e. The van der Waals surface area contributed by atoms with E-state index in [2.05, 4.69) is 4.98 Å². The van der Waals surface area contributed by atoms with Crippen molar-refractivity contribution >= 4 is 16.6 Å². The van der Waals surface area contributed by atoms with Crippen LogP contribution < -0.4 is 5.73 Å². The van der Waals surface area contributed by atoms with Crippen LogP contribution in [0.4, 0.5) is 32.0 Å². The van der Waals surface area contributed by atoms with Crippen molar-refractivity contribution in [1.29, 1.82) is 0 Å². The molecule has 9 heteroatoms. The Balaban J connectivity index is 2.36. The van der Waals surface area contributed by atoms with Gasteiger partial charge < -0.3 is 10.8 Å². The summed E-state index contributed by atoms with van der Waals surface area (Å²) in [5.74, 6) is 0. The van der Waals surface area contributed by atoms with E-state index < -0.39 is 35.2 Å². The normalized spacial score (nSPS) is 13.7. The Kier molecular flexibility index (Phi) is 4.51. The zero-order chi connectivity index (χ0) is 20.0. The van der Waals surface area contributed by atoms with Crippen molar-refractivity contribution in [2.75, 3.05) is 5.73 Å². The molecule has 1 aromatic heterocycles. The van der Waals surface area contributed by atoms with E-state index in [4.69, 9.17) is 5.73 Å². The molecule has 27 heavy (non-hydrogen) atoms. The van der Waals surface area contributed by atoms with Crippen LogP contribution in [0.1, 0.15) is 28.5 Å². The number of pyridine rings is 1. The molecule has 3 N–H and O–H groups in total. The lowest BCUT2D eigenvalue weighted by molar-refractivity contribution is -0.142. The van der Waals surface area contributed by atoms with Gasteiger partial charge in [-0.15, -0.1) is 0 Å². The lowest BCUT2D eigenvalue weighted by Crippen LogP contribution is -2.14. The second-order valence-corrected chi connectivity index (χ2v) is 5.83. The summed E-state index contributed by atoms with van der Waals surface area (Å²) in [6, 6.07) is 9.27. The van der Waals surface area contributed by atoms with Gasteiger partial charge in [-0.3, -0.25) is 0 Å². The molecule has 3 aromatic rings. The average molecular weight is 386 g/mol. The van der Waals surface area contributed by atoms with Crippen LogP contribution in [-0.4, -0.2) is 10.1 Å². The maximum atomic E-state index is 13.3. The highest BCUT2D eigenvalue weighted by molar-refractivity contribution is 5.86. The van der Waals surface area contributed by atoms with Gasteiger partial charge in [0.1, 0.15) is 11.8 Å². The molecule has 2 aromatic carbocycles. The summed E-state index contributed by atoms with van der Waals surface area (Å²) >= 11 is 0. The topological polar surface area (TPSA) is 59.1 Å². The maximum absolute atomic E-state index is 13.3. The molecule has 1 atom stereocenters. The molecular weight excluding hydrogens is 374 g/mol. The highest BCUT2D eigenvalue weighted by Gasteiger charge is 2.38. The second kappa shape index (κ2) is 6.41. The van der Waals surface area contributed by atoms with E-state index in [1.807, 2.05) is 0 Å². The van der Waals surface area contributed by atoms with Crippen LogP contribution in [0.3, 0.4) is 0 Å². The first kappa shape index (κ1) is 19.0. The van der Waals surface area contributed by atoms with E-state index >= 15 is 0 Å². The number of anilines is 1. The number of nitrogens with zero attached hydrogens (tertiary/aromatic N) is 1. The number of hydrogen-bond donors (Lipinski definition) is 2. The standard InChI is InChI=1S/C18H12F6N2O/c19-17(20,21)12-6-3-5-9-11(8-14(18(22,23)24)26-15(9)12)16(27)10-4-1-2-7-13(10)25/h1-8,16,27H,25H2. The molecule has 0 aliphatic rings. The Morgan fingerprint density at radius 1 is 0.852 bits per heavy atom. The van der Waals surface area contributed by atoms with Gasteiger partial charge in [0.2, 0.25) is 0 Å². The highest BCUT2D eigenvalue weighted by atomic mass is 19.4. The first-order chi connectivity index (χ1) is 12.5. The predicted octanol–water partition coefficient (Wildman–Crippen LogP) is 4.94. The van der Waals surface area contributed by atoms with Crippen molar-refractivity contribution in [2.45, 2.75) is 18.5 Å². The molecule has 0 spiro atoms. The van der Waals surface area contributed by atoms with Crippen LogP contribution in [0, 0.1) is 0 Å². The minimum atomic E-state index is -5.00. The number of para-hydroxylation sites is 2. The fraction of sp³-hybridized carbons (Fsp3) is 0.167. The number of alkyl halides is 6. The number of nitrogen functional groups attached to an aromatic ring is 1. The lowest BCUT2D eigenvalue weighted by atomic mass is 9.94. The van der Waals surface area contributed by atoms with Crippen LogP contribution in [-0.2, 0) is 12.4 Å². The third-order valence-electron chi connectivity index (χ3n) is 4.05. The molecule has 1 heterocycles.